The number of hydrogen-bond donors (Lipinski definition) is 9. The number of nitrogens with one attached hydrogen (secondary N) is 3. The monoisotopic (exact) mass is 867 g/mol. The first-order valence-corrected chi connectivity index (χ1v) is 21.4. The highest BCUT2D eigenvalue weighted by atomic mass is 31.3. The molecule has 0 aromatic heterocycles. The highest BCUT2D eigenvalue weighted by molar-refractivity contribution is 7.66. The van der Waals surface area contributed by atoms with Gasteiger partial charge in [-0.05, 0) is 23.8 Å². The van der Waals surface area contributed by atoms with Crippen molar-refractivity contribution in [3.05, 3.63) is 66.4 Å². The summed E-state index contributed by atoms with van der Waals surface area (Å²) in [5, 5.41) is 7.80. The van der Waals surface area contributed by atoms with E-state index < -0.39 is 72.4 Å². The zero-order valence-corrected chi connectivity index (χ0v) is 32.7. The van der Waals surface area contributed by atoms with Crippen LogP contribution in [-0.2, 0) is 50.6 Å². The standard InChI is InChI=1S/C30H44N7O17P3/c1-2-11-50-22-15-25(52-23(22)17-51-56(44,45)54-57(46,47)53-55(41,42)43)37-16-20(26-27(37)35-30(32)36-29(26)40)6-4-9-33-24(38)18-48-12-13-49-21-7-3-5-19(14-21)28(39)34-10-8-31/h2-7,14,16,22-23,25-27H,1,8-13,15,17-18,31H2,(H,33,38)(H,34,39)(H,44,45)(H,46,47)(H2,41,42,43)(H3,32,35,36,40)/b6-4+/t22-,23?,25-,26?,27?/m1/s1. The van der Waals surface area contributed by atoms with Crippen LogP contribution in [0.5, 0.6) is 5.75 Å². The molecule has 1 fully saturated rings. The fourth-order valence-electron chi connectivity index (χ4n) is 5.57. The van der Waals surface area contributed by atoms with Crippen molar-refractivity contribution in [1.82, 2.24) is 20.9 Å². The summed E-state index contributed by atoms with van der Waals surface area (Å²) >= 11 is 0. The Labute approximate surface area is 325 Å². The number of fused-ring (bicyclic) bond motifs is 1. The summed E-state index contributed by atoms with van der Waals surface area (Å²) in [5.41, 5.74) is 12.1. The minimum atomic E-state index is -5.75. The molecule has 0 saturated carbocycles. The van der Waals surface area contributed by atoms with Crippen molar-refractivity contribution in [2.24, 2.45) is 22.4 Å². The van der Waals surface area contributed by atoms with E-state index in [1.165, 1.54) is 6.08 Å². The highest BCUT2D eigenvalue weighted by Gasteiger charge is 2.49. The average Bonchev–Trinajstić information content (AvgIpc) is 3.70. The number of nitrogens with zero attached hydrogens (tertiary/aromatic N) is 2. The van der Waals surface area contributed by atoms with Gasteiger partial charge in [-0.1, -0.05) is 24.3 Å². The maximum absolute atomic E-state index is 13.1. The van der Waals surface area contributed by atoms with Gasteiger partial charge in [-0.3, -0.25) is 24.2 Å². The summed E-state index contributed by atoms with van der Waals surface area (Å²) in [7, 11) is -16.8. The molecule has 5 unspecified atom stereocenters. The quantitative estimate of drug-likeness (QED) is 0.0364. The van der Waals surface area contributed by atoms with E-state index in [1.807, 2.05) is 0 Å². The largest absolute Gasteiger partial charge is 0.491 e. The fourth-order valence-corrected chi connectivity index (χ4v) is 8.60. The molecule has 0 radical (unpaired) electrons. The summed E-state index contributed by atoms with van der Waals surface area (Å²) in [6, 6.07) is 6.55. The molecule has 4 rings (SSSR count). The molecule has 1 aromatic rings. The number of allylic oxidation sites excluding steroid dienone is 1. The lowest BCUT2D eigenvalue weighted by Gasteiger charge is -2.33. The van der Waals surface area contributed by atoms with E-state index in [0.29, 0.717) is 30.0 Å². The predicted molar refractivity (Wildman–Crippen MR) is 196 cm³/mol. The van der Waals surface area contributed by atoms with Gasteiger partial charge in [-0.2, -0.15) is 8.62 Å². The maximum atomic E-state index is 13.1. The highest BCUT2D eigenvalue weighted by Crippen LogP contribution is 2.66. The van der Waals surface area contributed by atoms with Crippen molar-refractivity contribution >= 4 is 47.1 Å². The van der Waals surface area contributed by atoms with E-state index in [2.05, 4.69) is 36.1 Å². The molecule has 11 N–H and O–H groups in total. The lowest BCUT2D eigenvalue weighted by Crippen LogP contribution is -2.52. The van der Waals surface area contributed by atoms with Crippen LogP contribution in [0.2, 0.25) is 0 Å². The third kappa shape index (κ3) is 14.5. The van der Waals surface area contributed by atoms with E-state index >= 15 is 0 Å². The first-order valence-electron chi connectivity index (χ1n) is 16.9. The number of ether oxygens (including phenoxy) is 4. The third-order valence-corrected chi connectivity index (χ3v) is 11.6. The second-order valence-electron chi connectivity index (χ2n) is 12.1. The molecule has 3 aliphatic heterocycles. The van der Waals surface area contributed by atoms with Crippen molar-refractivity contribution in [2.45, 2.75) is 31.0 Å². The number of phosphoric ester groups is 1. The minimum Gasteiger partial charge on any atom is -0.491 e. The van der Waals surface area contributed by atoms with Crippen LogP contribution in [0.3, 0.4) is 0 Å². The maximum Gasteiger partial charge on any atom is 0.490 e. The number of aliphatic imine (C=N–C) groups is 1. The molecule has 1 aromatic carbocycles. The number of phosphoric acid groups is 3. The normalized spacial score (nSPS) is 24.1. The van der Waals surface area contributed by atoms with Gasteiger partial charge < -0.3 is 65.5 Å². The molecule has 3 heterocycles. The Bertz CT molecular complexity index is 1860. The van der Waals surface area contributed by atoms with Crippen LogP contribution in [0, 0.1) is 5.92 Å². The zero-order valence-electron chi connectivity index (χ0n) is 30.1. The van der Waals surface area contributed by atoms with E-state index in [-0.39, 0.29) is 51.3 Å². The van der Waals surface area contributed by atoms with Crippen molar-refractivity contribution in [3.8, 4) is 5.75 Å². The second kappa shape index (κ2) is 20.7. The molecule has 0 aliphatic carbocycles. The summed E-state index contributed by atoms with van der Waals surface area (Å²) < 4.78 is 70.1. The van der Waals surface area contributed by atoms with E-state index in [1.54, 1.807) is 47.5 Å². The number of carbonyl (C=O) groups is 3. The Kier molecular flexibility index (Phi) is 16.7. The van der Waals surface area contributed by atoms with E-state index in [4.69, 9.17) is 44.7 Å². The topological polar surface area (TPSA) is 352 Å². The molecule has 0 spiro atoms. The van der Waals surface area contributed by atoms with Crippen molar-refractivity contribution in [2.75, 3.05) is 52.7 Å². The van der Waals surface area contributed by atoms with E-state index in [0.717, 1.165) is 0 Å². The van der Waals surface area contributed by atoms with Gasteiger partial charge in [-0.15, -0.1) is 6.58 Å². The number of hydrogen-bond acceptors (Lipinski definition) is 17. The molecule has 7 atom stereocenters. The first-order chi connectivity index (χ1) is 26.9. The van der Waals surface area contributed by atoms with Crippen LogP contribution in [-0.4, -0.2) is 125 Å². The van der Waals surface area contributed by atoms with Gasteiger partial charge in [0, 0.05) is 37.8 Å². The molecule has 57 heavy (non-hydrogen) atoms. The van der Waals surface area contributed by atoms with Crippen LogP contribution >= 0.6 is 23.5 Å². The van der Waals surface area contributed by atoms with Gasteiger partial charge in [-0.25, -0.2) is 18.7 Å². The van der Waals surface area contributed by atoms with Gasteiger partial charge in [0.2, 0.25) is 11.8 Å². The first kappa shape index (κ1) is 45.9. The average molecular weight is 868 g/mol. The summed E-state index contributed by atoms with van der Waals surface area (Å²) in [6.07, 6.45) is 2.49. The second-order valence-corrected chi connectivity index (χ2v) is 16.5. The Morgan fingerprint density at radius 2 is 1.89 bits per heavy atom. The van der Waals surface area contributed by atoms with Gasteiger partial charge in [0.1, 0.15) is 43.4 Å². The molecule has 24 nitrogen and oxygen atoms in total. The molecular weight excluding hydrogens is 823 g/mol. The number of rotatable bonds is 23. The Hall–Kier alpha value is -3.83. The molecular formula is C30H44N7O17P3. The Morgan fingerprint density at radius 1 is 1.12 bits per heavy atom. The number of guanidine groups is 1. The van der Waals surface area contributed by atoms with Gasteiger partial charge >= 0.3 is 23.5 Å². The van der Waals surface area contributed by atoms with Crippen molar-refractivity contribution in [3.63, 3.8) is 0 Å². The predicted octanol–water partition coefficient (Wildman–Crippen LogP) is -0.941. The van der Waals surface area contributed by atoms with Crippen LogP contribution < -0.4 is 32.2 Å². The third-order valence-electron chi connectivity index (χ3n) is 7.81. The summed E-state index contributed by atoms with van der Waals surface area (Å²) in [4.78, 5) is 80.4. The number of amides is 3. The molecule has 27 heteroatoms. The number of benzene rings is 1. The molecule has 3 aliphatic rings. The minimum absolute atomic E-state index is 0.00636. The van der Waals surface area contributed by atoms with E-state index in [9.17, 15) is 37.9 Å². The Morgan fingerprint density at radius 3 is 2.61 bits per heavy atom. The molecule has 316 valence electrons. The van der Waals surface area contributed by atoms with Crippen LogP contribution in [0.4, 0.5) is 0 Å². The van der Waals surface area contributed by atoms with Crippen LogP contribution in [0.25, 0.3) is 0 Å². The smallest absolute Gasteiger partial charge is 0.490 e. The lowest BCUT2D eigenvalue weighted by atomic mass is 9.97. The molecule has 1 saturated heterocycles. The molecule has 3 amide bonds. The number of nitrogens with two attached hydrogens (primary N) is 2. The van der Waals surface area contributed by atoms with Crippen molar-refractivity contribution in [1.29, 1.82) is 0 Å². The SMILES string of the molecule is C=CCO[C@@H]1C[C@H](N2C=C(/C=C/CNC(=O)COCCOc3cccc(C(=O)NCCN)c3)C3C(=O)NC(N)=NC32)OC1COP(=O)(O)OP(=O)(O)OP(=O)(O)O. The van der Waals surface area contributed by atoms with Crippen LogP contribution in [0.1, 0.15) is 16.8 Å². The van der Waals surface area contributed by atoms with Gasteiger partial charge in [0.25, 0.3) is 5.91 Å². The number of carbonyl (C=O) groups excluding carboxylic acids is 3. The van der Waals surface area contributed by atoms with Gasteiger partial charge in [0.15, 0.2) is 5.96 Å². The van der Waals surface area contributed by atoms with Crippen LogP contribution in [0.15, 0.2) is 65.8 Å². The molecule has 0 bridgehead atoms. The lowest BCUT2D eigenvalue weighted by molar-refractivity contribution is -0.126. The Balaban J connectivity index is 1.31. The summed E-state index contributed by atoms with van der Waals surface area (Å²) in [6.45, 7) is 3.43. The summed E-state index contributed by atoms with van der Waals surface area (Å²) in [5.74, 6) is -1.79. The zero-order chi connectivity index (χ0) is 41.8. The fraction of sp³-hybridized carbons (Fsp3) is 0.467. The van der Waals surface area contributed by atoms with Gasteiger partial charge in [0.05, 0.1) is 25.9 Å². The van der Waals surface area contributed by atoms with Crippen molar-refractivity contribution < 1.29 is 79.7 Å².